The second kappa shape index (κ2) is 8.48. The number of fused-ring (bicyclic) bond motifs is 2. The van der Waals surface area contributed by atoms with E-state index in [-0.39, 0.29) is 5.65 Å². The van der Waals surface area contributed by atoms with Crippen molar-refractivity contribution in [3.63, 3.8) is 0 Å². The Kier molecular flexibility index (Phi) is 5.17. The highest BCUT2D eigenvalue weighted by Gasteiger charge is 2.24. The van der Waals surface area contributed by atoms with Crippen molar-refractivity contribution in [2.75, 3.05) is 29.4 Å². The zero-order valence-electron chi connectivity index (χ0n) is 19.0. The Labute approximate surface area is 197 Å². The number of benzene rings is 2. The van der Waals surface area contributed by atoms with Crippen molar-refractivity contribution in [3.8, 4) is 11.1 Å². The van der Waals surface area contributed by atoms with Crippen LogP contribution in [0.25, 0.3) is 22.2 Å². The van der Waals surface area contributed by atoms with Gasteiger partial charge in [-0.15, -0.1) is 4.73 Å². The normalized spacial score (nSPS) is 16.0. The number of aryl methyl sites for hydroxylation is 1. The fourth-order valence-electron chi connectivity index (χ4n) is 5.27. The molecule has 1 N–H and O–H groups in total. The van der Waals surface area contributed by atoms with E-state index in [1.807, 2.05) is 6.07 Å². The molecule has 7 nitrogen and oxygen atoms in total. The molecule has 0 unspecified atom stereocenters. The minimum absolute atomic E-state index is 0.218. The van der Waals surface area contributed by atoms with Crippen molar-refractivity contribution >= 4 is 28.2 Å². The molecule has 172 valence electrons. The van der Waals surface area contributed by atoms with Crippen LogP contribution in [0.2, 0.25) is 0 Å². The van der Waals surface area contributed by atoms with E-state index < -0.39 is 5.69 Å². The quantitative estimate of drug-likeness (QED) is 0.451. The van der Waals surface area contributed by atoms with Gasteiger partial charge in [-0.25, -0.2) is 9.78 Å². The van der Waals surface area contributed by atoms with E-state index in [2.05, 4.69) is 62.2 Å². The third-order valence-corrected chi connectivity index (χ3v) is 6.97. The van der Waals surface area contributed by atoms with Crippen molar-refractivity contribution < 1.29 is 5.21 Å². The standard InChI is InChI=1S/C27H27N5O2/c33-27-29-26(23-10-5-13-28-25(23)32(27)34)31-16-6-8-21-17-20(11-12-24(21)31)19-7-4-9-22(18-19)30-14-2-1-3-15-30/h4-5,7,9-13,17-18,34H,1-3,6,8,14-16H2. The Balaban J connectivity index is 1.39. The average Bonchev–Trinajstić information content (AvgIpc) is 2.91. The Morgan fingerprint density at radius 3 is 2.59 bits per heavy atom. The largest absolute Gasteiger partial charge is 0.422 e. The molecule has 0 aliphatic carbocycles. The molecule has 7 heteroatoms. The van der Waals surface area contributed by atoms with Gasteiger partial charge in [0.1, 0.15) is 5.82 Å². The zero-order chi connectivity index (χ0) is 23.1. The van der Waals surface area contributed by atoms with Gasteiger partial charge in [-0.05, 0) is 85.2 Å². The van der Waals surface area contributed by atoms with Gasteiger partial charge in [0.15, 0.2) is 5.65 Å². The number of rotatable bonds is 3. The van der Waals surface area contributed by atoms with Gasteiger partial charge in [-0.3, -0.25) is 0 Å². The molecule has 0 spiro atoms. The van der Waals surface area contributed by atoms with Gasteiger partial charge in [-0.2, -0.15) is 4.98 Å². The third kappa shape index (κ3) is 3.57. The predicted octanol–water partition coefficient (Wildman–Crippen LogP) is 4.77. The summed E-state index contributed by atoms with van der Waals surface area (Å²) < 4.78 is 0.516. The van der Waals surface area contributed by atoms with Crippen LogP contribution in [0.4, 0.5) is 17.2 Å². The molecule has 0 bridgehead atoms. The number of nitrogens with zero attached hydrogens (tertiary/aromatic N) is 5. The molecule has 0 radical (unpaired) electrons. The van der Waals surface area contributed by atoms with E-state index in [0.29, 0.717) is 15.9 Å². The minimum atomic E-state index is -0.723. The number of anilines is 3. The summed E-state index contributed by atoms with van der Waals surface area (Å²) in [6.45, 7) is 3.01. The van der Waals surface area contributed by atoms with Crippen LogP contribution in [0.1, 0.15) is 31.2 Å². The molecule has 6 rings (SSSR count). The van der Waals surface area contributed by atoms with E-state index in [0.717, 1.165) is 38.2 Å². The molecule has 0 atom stereocenters. The molecule has 4 aromatic rings. The van der Waals surface area contributed by atoms with Gasteiger partial charge in [-0.1, -0.05) is 18.2 Å². The molecule has 2 aromatic carbocycles. The fraction of sp³-hybridized carbons (Fsp3) is 0.296. The molecular weight excluding hydrogens is 426 g/mol. The summed E-state index contributed by atoms with van der Waals surface area (Å²) >= 11 is 0. The van der Waals surface area contributed by atoms with E-state index in [1.165, 1.54) is 41.6 Å². The summed E-state index contributed by atoms with van der Waals surface area (Å²) in [4.78, 5) is 25.3. The first kappa shape index (κ1) is 20.7. The smallest absolute Gasteiger partial charge is 0.384 e. The van der Waals surface area contributed by atoms with Crippen LogP contribution < -0.4 is 15.5 Å². The molecule has 2 aliphatic heterocycles. The van der Waals surface area contributed by atoms with Crippen LogP contribution in [-0.2, 0) is 6.42 Å². The van der Waals surface area contributed by atoms with Crippen LogP contribution >= 0.6 is 0 Å². The molecule has 2 aromatic heterocycles. The zero-order valence-corrected chi connectivity index (χ0v) is 19.0. The Bertz CT molecular complexity index is 1420. The van der Waals surface area contributed by atoms with Gasteiger partial charge in [0.05, 0.1) is 5.39 Å². The highest BCUT2D eigenvalue weighted by atomic mass is 16.5. The summed E-state index contributed by atoms with van der Waals surface area (Å²) in [5.74, 6) is 0.541. The summed E-state index contributed by atoms with van der Waals surface area (Å²) in [5.41, 5.74) is 5.50. The molecular formula is C27H27N5O2. The van der Waals surface area contributed by atoms with Crippen LogP contribution in [-0.4, -0.2) is 39.5 Å². The SMILES string of the molecule is O=c1nc(N2CCCc3cc(-c4cccc(N5CCCCC5)c4)ccc32)c2cccnc2n1O. The van der Waals surface area contributed by atoms with Gasteiger partial charge in [0, 0.05) is 37.2 Å². The van der Waals surface area contributed by atoms with Gasteiger partial charge < -0.3 is 15.0 Å². The number of piperidine rings is 1. The summed E-state index contributed by atoms with van der Waals surface area (Å²) in [6.07, 6.45) is 7.34. The van der Waals surface area contributed by atoms with Gasteiger partial charge in [0.25, 0.3) is 0 Å². The van der Waals surface area contributed by atoms with E-state index in [9.17, 15) is 10.0 Å². The molecule has 2 aliphatic rings. The highest BCUT2D eigenvalue weighted by molar-refractivity contribution is 5.90. The molecule has 0 saturated carbocycles. The van der Waals surface area contributed by atoms with Crippen LogP contribution in [0, 0.1) is 0 Å². The maximum absolute atomic E-state index is 12.3. The van der Waals surface area contributed by atoms with E-state index in [4.69, 9.17) is 0 Å². The van der Waals surface area contributed by atoms with Crippen LogP contribution in [0.3, 0.4) is 0 Å². The van der Waals surface area contributed by atoms with Gasteiger partial charge in [0.2, 0.25) is 0 Å². The average molecular weight is 454 g/mol. The molecule has 1 saturated heterocycles. The summed E-state index contributed by atoms with van der Waals surface area (Å²) in [5, 5.41) is 10.8. The second-order valence-corrected chi connectivity index (χ2v) is 9.10. The number of aromatic nitrogens is 3. The second-order valence-electron chi connectivity index (χ2n) is 9.10. The lowest BCUT2D eigenvalue weighted by molar-refractivity contribution is 0.182. The molecule has 0 amide bonds. The lowest BCUT2D eigenvalue weighted by atomic mass is 9.95. The Hall–Kier alpha value is -3.87. The van der Waals surface area contributed by atoms with Crippen LogP contribution in [0.5, 0.6) is 0 Å². The summed E-state index contributed by atoms with van der Waals surface area (Å²) in [7, 11) is 0. The first-order valence-electron chi connectivity index (χ1n) is 12.0. The Morgan fingerprint density at radius 2 is 1.71 bits per heavy atom. The topological polar surface area (TPSA) is 74.5 Å². The number of pyridine rings is 1. The van der Waals surface area contributed by atoms with Crippen molar-refractivity contribution in [1.82, 2.24) is 14.7 Å². The van der Waals surface area contributed by atoms with E-state index in [1.54, 1.807) is 12.3 Å². The van der Waals surface area contributed by atoms with Crippen molar-refractivity contribution in [2.45, 2.75) is 32.1 Å². The molecule has 4 heterocycles. The number of hydrogen-bond donors (Lipinski definition) is 1. The van der Waals surface area contributed by atoms with E-state index >= 15 is 0 Å². The minimum Gasteiger partial charge on any atom is -0.422 e. The maximum atomic E-state index is 12.3. The fourth-order valence-corrected chi connectivity index (χ4v) is 5.27. The predicted molar refractivity (Wildman–Crippen MR) is 134 cm³/mol. The van der Waals surface area contributed by atoms with Gasteiger partial charge >= 0.3 is 5.69 Å². The first-order valence-corrected chi connectivity index (χ1v) is 12.0. The maximum Gasteiger partial charge on any atom is 0.384 e. The van der Waals surface area contributed by atoms with Crippen molar-refractivity contribution in [2.24, 2.45) is 0 Å². The molecule has 34 heavy (non-hydrogen) atoms. The van der Waals surface area contributed by atoms with Crippen molar-refractivity contribution in [1.29, 1.82) is 0 Å². The molecule has 1 fully saturated rings. The first-order chi connectivity index (χ1) is 16.7. The van der Waals surface area contributed by atoms with Crippen molar-refractivity contribution in [3.05, 3.63) is 76.8 Å². The number of hydrogen-bond acceptors (Lipinski definition) is 6. The lowest BCUT2D eigenvalue weighted by Gasteiger charge is -2.31. The Morgan fingerprint density at radius 1 is 0.853 bits per heavy atom. The monoisotopic (exact) mass is 453 g/mol. The lowest BCUT2D eigenvalue weighted by Crippen LogP contribution is -2.30. The highest BCUT2D eigenvalue weighted by Crippen LogP contribution is 2.37. The third-order valence-electron chi connectivity index (χ3n) is 6.97. The van der Waals surface area contributed by atoms with Crippen LogP contribution in [0.15, 0.2) is 65.6 Å². The summed E-state index contributed by atoms with van der Waals surface area (Å²) in [6, 6.07) is 19.0.